The number of hydrogen-bond donors (Lipinski definition) is 2. The van der Waals surface area contributed by atoms with Crippen molar-refractivity contribution in [3.05, 3.63) is 80.7 Å². The average Bonchev–Trinajstić information content (AvgIpc) is 3.07. The van der Waals surface area contributed by atoms with Crippen molar-refractivity contribution in [3.8, 4) is 5.95 Å². The normalized spacial score (nSPS) is 11.0. The maximum atomic E-state index is 12.6. The Bertz CT molecular complexity index is 1120. The van der Waals surface area contributed by atoms with Crippen molar-refractivity contribution in [1.82, 2.24) is 19.7 Å². The van der Waals surface area contributed by atoms with Crippen molar-refractivity contribution in [1.29, 1.82) is 0 Å². The summed E-state index contributed by atoms with van der Waals surface area (Å²) in [6, 6.07) is 14.9. The Labute approximate surface area is 158 Å². The molecule has 8 heteroatoms. The van der Waals surface area contributed by atoms with Crippen LogP contribution in [0.25, 0.3) is 17.0 Å². The lowest BCUT2D eigenvalue weighted by Gasteiger charge is -2.09. The molecule has 0 aliphatic heterocycles. The molecule has 2 aromatic heterocycles. The molecule has 0 saturated heterocycles. The van der Waals surface area contributed by atoms with Gasteiger partial charge in [0.15, 0.2) is 0 Å². The molecule has 2 N–H and O–H groups in total. The molecule has 0 spiro atoms. The third-order valence-corrected chi connectivity index (χ3v) is 4.47. The molecule has 2 aromatic carbocycles. The Hall–Kier alpha value is -2.83. The Kier molecular flexibility index (Phi) is 4.36. The van der Waals surface area contributed by atoms with Gasteiger partial charge in [-0.2, -0.15) is 9.78 Å². The molecule has 4 rings (SSSR count). The monoisotopic (exact) mass is 385 g/mol. The summed E-state index contributed by atoms with van der Waals surface area (Å²) in [6.07, 6.45) is 1.50. The molecule has 0 radical (unpaired) electrons. The first-order valence-electron chi connectivity index (χ1n) is 7.83. The van der Waals surface area contributed by atoms with Crippen LogP contribution in [0.3, 0.4) is 0 Å². The van der Waals surface area contributed by atoms with Gasteiger partial charge in [0.2, 0.25) is 5.95 Å². The highest BCUT2D eigenvalue weighted by molar-refractivity contribution is 6.33. The van der Waals surface area contributed by atoms with E-state index in [1.165, 1.54) is 6.20 Å². The van der Waals surface area contributed by atoms with Crippen LogP contribution in [-0.2, 0) is 6.54 Å². The van der Waals surface area contributed by atoms with E-state index in [1.54, 1.807) is 6.07 Å². The van der Waals surface area contributed by atoms with Gasteiger partial charge in [0, 0.05) is 11.6 Å². The number of rotatable bonds is 4. The van der Waals surface area contributed by atoms with E-state index in [0.717, 1.165) is 21.3 Å². The first kappa shape index (κ1) is 16.6. The lowest BCUT2D eigenvalue weighted by molar-refractivity contribution is 0.767. The molecule has 6 nitrogen and oxygen atoms in total. The summed E-state index contributed by atoms with van der Waals surface area (Å²) in [7, 11) is 0. The van der Waals surface area contributed by atoms with Crippen LogP contribution < -0.4 is 10.9 Å². The molecule has 0 aliphatic carbocycles. The molecule has 26 heavy (non-hydrogen) atoms. The fourth-order valence-corrected chi connectivity index (χ4v) is 3.00. The maximum Gasteiger partial charge on any atom is 0.295 e. The fourth-order valence-electron chi connectivity index (χ4n) is 2.59. The number of benzene rings is 2. The highest BCUT2D eigenvalue weighted by Crippen LogP contribution is 2.19. The van der Waals surface area contributed by atoms with Crippen LogP contribution in [0.4, 0.5) is 5.69 Å². The Morgan fingerprint density at radius 3 is 2.77 bits per heavy atom. The van der Waals surface area contributed by atoms with Gasteiger partial charge in [0.1, 0.15) is 5.02 Å². The number of H-pyrrole nitrogens is 1. The average molecular weight is 386 g/mol. The lowest BCUT2D eigenvalue weighted by Crippen LogP contribution is -2.23. The highest BCUT2D eigenvalue weighted by Gasteiger charge is 2.13. The zero-order valence-electron chi connectivity index (χ0n) is 13.4. The fraction of sp³-hybridized carbons (Fsp3) is 0.0556. The van der Waals surface area contributed by atoms with E-state index < -0.39 is 5.56 Å². The second-order valence-corrected chi connectivity index (χ2v) is 6.46. The number of aromatic nitrogens is 4. The number of imidazole rings is 1. The SMILES string of the molecule is O=c1c(Cl)c(NCc2cccc(Cl)c2)cnn1-c1nc2ccccc2[nH]1. The second kappa shape index (κ2) is 6.82. The number of anilines is 1. The highest BCUT2D eigenvalue weighted by atomic mass is 35.5. The van der Waals surface area contributed by atoms with E-state index in [-0.39, 0.29) is 5.02 Å². The summed E-state index contributed by atoms with van der Waals surface area (Å²) in [6.45, 7) is 0.468. The van der Waals surface area contributed by atoms with E-state index in [0.29, 0.717) is 23.2 Å². The molecule has 2 heterocycles. The summed E-state index contributed by atoms with van der Waals surface area (Å²) in [5, 5.41) is 7.97. The Morgan fingerprint density at radius 1 is 1.12 bits per heavy atom. The third kappa shape index (κ3) is 3.16. The molecule has 0 saturated carbocycles. The minimum Gasteiger partial charge on any atom is -0.378 e. The number of aromatic amines is 1. The predicted molar refractivity (Wildman–Crippen MR) is 103 cm³/mol. The van der Waals surface area contributed by atoms with E-state index in [2.05, 4.69) is 20.4 Å². The first-order chi connectivity index (χ1) is 12.6. The van der Waals surface area contributed by atoms with Gasteiger partial charge in [-0.1, -0.05) is 47.5 Å². The van der Waals surface area contributed by atoms with Crippen LogP contribution in [0.5, 0.6) is 0 Å². The summed E-state index contributed by atoms with van der Waals surface area (Å²) in [5.74, 6) is 0.319. The molecule has 0 unspecified atom stereocenters. The quantitative estimate of drug-likeness (QED) is 0.555. The van der Waals surface area contributed by atoms with Crippen molar-refractivity contribution in [3.63, 3.8) is 0 Å². The van der Waals surface area contributed by atoms with Gasteiger partial charge < -0.3 is 10.3 Å². The topological polar surface area (TPSA) is 75.6 Å². The van der Waals surface area contributed by atoms with E-state index in [1.807, 2.05) is 42.5 Å². The molecular formula is C18H13Cl2N5O. The third-order valence-electron chi connectivity index (χ3n) is 3.87. The molecule has 4 aromatic rings. The number of para-hydroxylation sites is 2. The summed E-state index contributed by atoms with van der Waals surface area (Å²) in [4.78, 5) is 20.0. The minimum absolute atomic E-state index is 0.0440. The van der Waals surface area contributed by atoms with Gasteiger partial charge in [-0.25, -0.2) is 4.98 Å². The Morgan fingerprint density at radius 2 is 1.96 bits per heavy atom. The van der Waals surface area contributed by atoms with Crippen molar-refractivity contribution >= 4 is 39.9 Å². The minimum atomic E-state index is -0.457. The van der Waals surface area contributed by atoms with Crippen LogP contribution in [0.2, 0.25) is 10.0 Å². The first-order valence-corrected chi connectivity index (χ1v) is 8.59. The number of halogens is 2. The maximum absolute atomic E-state index is 12.6. The molecule has 130 valence electrons. The van der Waals surface area contributed by atoms with E-state index in [9.17, 15) is 4.79 Å². The summed E-state index contributed by atoms with van der Waals surface area (Å²) >= 11 is 12.2. The molecular weight excluding hydrogens is 373 g/mol. The van der Waals surface area contributed by atoms with Crippen LogP contribution in [-0.4, -0.2) is 19.7 Å². The number of hydrogen-bond acceptors (Lipinski definition) is 4. The smallest absolute Gasteiger partial charge is 0.295 e. The van der Waals surface area contributed by atoms with Crippen molar-refractivity contribution in [2.75, 3.05) is 5.32 Å². The number of nitrogens with one attached hydrogen (secondary N) is 2. The lowest BCUT2D eigenvalue weighted by atomic mass is 10.2. The number of nitrogens with zero attached hydrogens (tertiary/aromatic N) is 3. The van der Waals surface area contributed by atoms with Crippen molar-refractivity contribution < 1.29 is 0 Å². The zero-order valence-corrected chi connectivity index (χ0v) is 14.9. The summed E-state index contributed by atoms with van der Waals surface area (Å²) in [5.41, 5.74) is 2.52. The van der Waals surface area contributed by atoms with E-state index in [4.69, 9.17) is 23.2 Å². The summed E-state index contributed by atoms with van der Waals surface area (Å²) < 4.78 is 1.15. The van der Waals surface area contributed by atoms with Crippen molar-refractivity contribution in [2.24, 2.45) is 0 Å². The van der Waals surface area contributed by atoms with Crippen LogP contribution in [0.15, 0.2) is 59.5 Å². The van der Waals surface area contributed by atoms with Crippen LogP contribution in [0, 0.1) is 0 Å². The van der Waals surface area contributed by atoms with Gasteiger partial charge in [0.05, 0.1) is 22.9 Å². The zero-order chi connectivity index (χ0) is 18.1. The van der Waals surface area contributed by atoms with E-state index >= 15 is 0 Å². The molecule has 0 fully saturated rings. The van der Waals surface area contributed by atoms with Gasteiger partial charge in [0.25, 0.3) is 5.56 Å². The Balaban J connectivity index is 1.63. The standard InChI is InChI=1S/C18H13Cl2N5O/c19-12-5-3-4-11(8-12)9-21-15-10-22-25(17(26)16(15)20)18-23-13-6-1-2-7-14(13)24-18/h1-8,10,21H,9H2,(H,23,24). The second-order valence-electron chi connectivity index (χ2n) is 5.65. The van der Waals surface area contributed by atoms with Crippen molar-refractivity contribution in [2.45, 2.75) is 6.54 Å². The van der Waals surface area contributed by atoms with Crippen LogP contribution in [0.1, 0.15) is 5.56 Å². The molecule has 0 aliphatic rings. The van der Waals surface area contributed by atoms with Gasteiger partial charge in [-0.05, 0) is 29.8 Å². The van der Waals surface area contributed by atoms with Gasteiger partial charge in [-0.15, -0.1) is 0 Å². The molecule has 0 bridgehead atoms. The molecule has 0 atom stereocenters. The number of fused-ring (bicyclic) bond motifs is 1. The van der Waals surface area contributed by atoms with Gasteiger partial charge in [-0.3, -0.25) is 4.79 Å². The largest absolute Gasteiger partial charge is 0.378 e. The van der Waals surface area contributed by atoms with Gasteiger partial charge >= 0.3 is 0 Å². The predicted octanol–water partition coefficient (Wildman–Crippen LogP) is 4.03. The molecule has 0 amide bonds. The van der Waals surface area contributed by atoms with Crippen LogP contribution >= 0.6 is 23.2 Å².